The van der Waals surface area contributed by atoms with Crippen LogP contribution in [0.5, 0.6) is 0 Å². The smallest absolute Gasteiger partial charge is 0.140 e. The first-order valence-electron chi connectivity index (χ1n) is 5.80. The Balaban J connectivity index is 0.00000120. The summed E-state index contributed by atoms with van der Waals surface area (Å²) in [5.41, 5.74) is 8.38. The second-order valence-corrected chi connectivity index (χ2v) is 4.93. The number of aromatic nitrogens is 2. The van der Waals surface area contributed by atoms with Crippen molar-refractivity contribution in [3.8, 4) is 11.4 Å². The highest BCUT2D eigenvalue weighted by molar-refractivity contribution is 6.30. The molecule has 2 heterocycles. The largest absolute Gasteiger partial charge is 0.327 e. The number of fused-ring (bicyclic) bond motifs is 1. The molecule has 1 unspecified atom stereocenters. The Morgan fingerprint density at radius 2 is 2.00 bits per heavy atom. The predicted molar refractivity (Wildman–Crippen MR) is 76.2 cm³/mol. The number of benzene rings is 1. The van der Waals surface area contributed by atoms with Crippen molar-refractivity contribution in [2.24, 2.45) is 5.73 Å². The van der Waals surface area contributed by atoms with Crippen LogP contribution >= 0.6 is 24.0 Å². The Hall–Kier alpha value is -1.03. The molecule has 0 saturated carbocycles. The van der Waals surface area contributed by atoms with Gasteiger partial charge in [-0.2, -0.15) is 0 Å². The van der Waals surface area contributed by atoms with E-state index < -0.39 is 0 Å². The summed E-state index contributed by atoms with van der Waals surface area (Å²) in [5, 5.41) is 0.746. The Morgan fingerprint density at radius 3 is 2.72 bits per heavy atom. The summed E-state index contributed by atoms with van der Waals surface area (Å²) in [6.45, 7) is 0.854. The van der Waals surface area contributed by atoms with Gasteiger partial charge in [0.05, 0.1) is 0 Å². The third-order valence-corrected chi connectivity index (χ3v) is 3.48. The summed E-state index contributed by atoms with van der Waals surface area (Å²) in [4.78, 5) is 4.50. The van der Waals surface area contributed by atoms with Gasteiger partial charge in [-0.15, -0.1) is 12.4 Å². The fraction of sp³-hybridized carbons (Fsp3) is 0.308. The van der Waals surface area contributed by atoms with E-state index in [0.29, 0.717) is 0 Å². The molecule has 2 aromatic rings. The summed E-state index contributed by atoms with van der Waals surface area (Å²) < 4.78 is 2.22. The minimum atomic E-state index is 0. The van der Waals surface area contributed by atoms with Crippen molar-refractivity contribution in [1.29, 1.82) is 0 Å². The van der Waals surface area contributed by atoms with Crippen molar-refractivity contribution in [2.75, 3.05) is 0 Å². The summed E-state index contributed by atoms with van der Waals surface area (Å²) in [7, 11) is 0. The van der Waals surface area contributed by atoms with Crippen molar-refractivity contribution in [3.05, 3.63) is 41.2 Å². The van der Waals surface area contributed by atoms with Gasteiger partial charge in [-0.25, -0.2) is 4.98 Å². The molecule has 2 N–H and O–H groups in total. The molecule has 96 valence electrons. The van der Waals surface area contributed by atoms with Gasteiger partial charge in [-0.1, -0.05) is 11.6 Å². The third kappa shape index (κ3) is 2.39. The Morgan fingerprint density at radius 1 is 1.28 bits per heavy atom. The number of nitrogens with zero attached hydrogens (tertiary/aromatic N) is 2. The zero-order valence-electron chi connectivity index (χ0n) is 9.84. The lowest BCUT2D eigenvalue weighted by Gasteiger charge is -2.22. The monoisotopic (exact) mass is 283 g/mol. The van der Waals surface area contributed by atoms with Crippen LogP contribution in [0.3, 0.4) is 0 Å². The Kier molecular flexibility index (Phi) is 3.95. The highest BCUT2D eigenvalue weighted by Gasteiger charge is 2.19. The minimum absolute atomic E-state index is 0. The fourth-order valence-electron chi connectivity index (χ4n) is 2.30. The Labute approximate surface area is 117 Å². The molecule has 1 aliphatic rings. The third-order valence-electron chi connectivity index (χ3n) is 3.23. The van der Waals surface area contributed by atoms with Crippen LogP contribution in [0.2, 0.25) is 5.02 Å². The van der Waals surface area contributed by atoms with Crippen LogP contribution in [0, 0.1) is 0 Å². The maximum absolute atomic E-state index is 6.01. The zero-order valence-corrected chi connectivity index (χ0v) is 11.4. The first kappa shape index (κ1) is 13.4. The van der Waals surface area contributed by atoms with Gasteiger partial charge < -0.3 is 10.3 Å². The molecule has 1 aromatic carbocycles. The van der Waals surface area contributed by atoms with Crippen LogP contribution < -0.4 is 5.73 Å². The molecule has 3 nitrogen and oxygen atoms in total. The highest BCUT2D eigenvalue weighted by Crippen LogP contribution is 2.25. The summed E-state index contributed by atoms with van der Waals surface area (Å²) in [6, 6.07) is 8.02. The number of nitrogens with two attached hydrogens (primary N) is 1. The number of hydrogen-bond donors (Lipinski definition) is 1. The molecular formula is C13H15Cl2N3. The van der Waals surface area contributed by atoms with Crippen molar-refractivity contribution in [1.82, 2.24) is 9.55 Å². The molecule has 1 aromatic heterocycles. The van der Waals surface area contributed by atoms with Crippen molar-refractivity contribution in [3.63, 3.8) is 0 Å². The number of halogens is 2. The standard InChI is InChI=1S/C13H14ClN3.ClH/c14-10-3-1-9(2-4-10)13-16-7-12-6-5-11(15)8-17(12)13;/h1-4,7,11H,5-6,8,15H2;1H. The molecule has 0 spiro atoms. The summed E-state index contributed by atoms with van der Waals surface area (Å²) in [6.07, 6.45) is 4.02. The van der Waals surface area contributed by atoms with E-state index in [0.717, 1.165) is 35.8 Å². The maximum Gasteiger partial charge on any atom is 0.140 e. The van der Waals surface area contributed by atoms with E-state index in [2.05, 4.69) is 9.55 Å². The van der Waals surface area contributed by atoms with Gasteiger partial charge in [0.25, 0.3) is 0 Å². The molecule has 0 fully saturated rings. The van der Waals surface area contributed by atoms with E-state index in [9.17, 15) is 0 Å². The van der Waals surface area contributed by atoms with Crippen molar-refractivity contribution < 1.29 is 0 Å². The summed E-state index contributed by atoms with van der Waals surface area (Å²) >= 11 is 5.89. The van der Waals surface area contributed by atoms with Gasteiger partial charge in [0.1, 0.15) is 5.82 Å². The first-order valence-corrected chi connectivity index (χ1v) is 6.18. The van der Waals surface area contributed by atoms with Crippen LogP contribution in [-0.2, 0) is 13.0 Å². The van der Waals surface area contributed by atoms with Crippen molar-refractivity contribution in [2.45, 2.75) is 25.4 Å². The lowest BCUT2D eigenvalue weighted by Crippen LogP contribution is -2.31. The average molecular weight is 284 g/mol. The molecule has 0 radical (unpaired) electrons. The number of rotatable bonds is 1. The summed E-state index contributed by atoms with van der Waals surface area (Å²) in [5.74, 6) is 0.992. The molecule has 0 saturated heterocycles. The van der Waals surface area contributed by atoms with E-state index in [-0.39, 0.29) is 18.4 Å². The molecule has 1 aliphatic heterocycles. The zero-order chi connectivity index (χ0) is 11.8. The number of aryl methyl sites for hydroxylation is 1. The second-order valence-electron chi connectivity index (χ2n) is 4.49. The highest BCUT2D eigenvalue weighted by atomic mass is 35.5. The van der Waals surface area contributed by atoms with Gasteiger partial charge >= 0.3 is 0 Å². The molecular weight excluding hydrogens is 269 g/mol. The van der Waals surface area contributed by atoms with E-state index in [1.807, 2.05) is 30.5 Å². The van der Waals surface area contributed by atoms with Gasteiger partial charge in [0.2, 0.25) is 0 Å². The molecule has 1 atom stereocenters. The van der Waals surface area contributed by atoms with Crippen LogP contribution in [0.15, 0.2) is 30.5 Å². The SMILES string of the molecule is Cl.NC1CCc2cnc(-c3ccc(Cl)cc3)n2C1. The van der Waals surface area contributed by atoms with Gasteiger partial charge in [-0.3, -0.25) is 0 Å². The van der Waals surface area contributed by atoms with Gasteiger partial charge in [-0.05, 0) is 37.1 Å². The van der Waals surface area contributed by atoms with Crippen LogP contribution in [0.4, 0.5) is 0 Å². The van der Waals surface area contributed by atoms with E-state index in [4.69, 9.17) is 17.3 Å². The maximum atomic E-state index is 6.01. The number of hydrogen-bond acceptors (Lipinski definition) is 2. The molecule has 3 rings (SSSR count). The van der Waals surface area contributed by atoms with E-state index in [1.165, 1.54) is 5.69 Å². The average Bonchev–Trinajstić information content (AvgIpc) is 2.73. The predicted octanol–water partition coefficient (Wildman–Crippen LogP) is 2.90. The lowest BCUT2D eigenvalue weighted by molar-refractivity contribution is 0.463. The number of imidazole rings is 1. The molecule has 5 heteroatoms. The van der Waals surface area contributed by atoms with E-state index >= 15 is 0 Å². The van der Waals surface area contributed by atoms with Crippen LogP contribution in [0.1, 0.15) is 12.1 Å². The normalized spacial score (nSPS) is 18.0. The Bertz CT molecular complexity index is 534. The van der Waals surface area contributed by atoms with Gasteiger partial charge in [0, 0.05) is 35.1 Å². The molecule has 0 amide bonds. The minimum Gasteiger partial charge on any atom is -0.327 e. The topological polar surface area (TPSA) is 43.8 Å². The fourth-order valence-corrected chi connectivity index (χ4v) is 2.43. The second kappa shape index (κ2) is 5.31. The van der Waals surface area contributed by atoms with Crippen LogP contribution in [-0.4, -0.2) is 15.6 Å². The quantitative estimate of drug-likeness (QED) is 0.875. The van der Waals surface area contributed by atoms with Gasteiger partial charge in [0.15, 0.2) is 0 Å². The molecule has 18 heavy (non-hydrogen) atoms. The van der Waals surface area contributed by atoms with Crippen LogP contribution in [0.25, 0.3) is 11.4 Å². The van der Waals surface area contributed by atoms with E-state index in [1.54, 1.807) is 0 Å². The first-order chi connectivity index (χ1) is 8.24. The molecule has 0 aliphatic carbocycles. The lowest BCUT2D eigenvalue weighted by atomic mass is 10.1. The molecule has 0 bridgehead atoms. The van der Waals surface area contributed by atoms with Crippen molar-refractivity contribution >= 4 is 24.0 Å².